The predicted molar refractivity (Wildman–Crippen MR) is 115 cm³/mol. The quantitative estimate of drug-likeness (QED) is 0.685. The Morgan fingerprint density at radius 2 is 1.15 bits per heavy atom. The van der Waals surface area contributed by atoms with E-state index in [0.717, 1.165) is 54.7 Å². The van der Waals surface area contributed by atoms with Gasteiger partial charge in [0.25, 0.3) is 0 Å². The summed E-state index contributed by atoms with van der Waals surface area (Å²) in [5.74, 6) is 0.179. The molecule has 0 spiro atoms. The van der Waals surface area contributed by atoms with Crippen molar-refractivity contribution < 1.29 is 4.79 Å². The largest absolute Gasteiger partial charge is 0.295 e. The minimum atomic E-state index is 0.179. The number of Topliss-reactive ketones (excluding diaryl/α,β-unsaturated/α-hetero) is 1. The number of carbonyl (C=O) groups is 1. The molecule has 1 saturated heterocycles. The number of hydrogen-bond acceptors (Lipinski definition) is 2. The third-order valence-electron chi connectivity index (χ3n) is 5.28. The van der Waals surface area contributed by atoms with Crippen molar-refractivity contribution in [3.63, 3.8) is 0 Å². The second kappa shape index (κ2) is 8.96. The van der Waals surface area contributed by atoms with Gasteiger partial charge in [-0.2, -0.15) is 0 Å². The molecule has 2 aromatic carbocycles. The highest BCUT2D eigenvalue weighted by molar-refractivity contribution is 6.14. The number of ketones is 1. The lowest BCUT2D eigenvalue weighted by Gasteiger charge is -2.28. The number of likely N-dealkylation sites (tertiary alicyclic amines) is 1. The Hall–Kier alpha value is -2.45. The van der Waals surface area contributed by atoms with Crippen LogP contribution in [0.5, 0.6) is 0 Å². The summed E-state index contributed by atoms with van der Waals surface area (Å²) in [7, 11) is 0. The average Bonchev–Trinajstić information content (AvgIpc) is 2.72. The van der Waals surface area contributed by atoms with Crippen molar-refractivity contribution in [1.29, 1.82) is 0 Å². The third-order valence-corrected chi connectivity index (χ3v) is 5.28. The molecule has 1 heterocycles. The van der Waals surface area contributed by atoms with Crippen LogP contribution in [0.25, 0.3) is 12.2 Å². The van der Waals surface area contributed by atoms with Gasteiger partial charge in [0.1, 0.15) is 0 Å². The van der Waals surface area contributed by atoms with E-state index in [0.29, 0.717) is 0 Å². The van der Waals surface area contributed by atoms with Crippen molar-refractivity contribution in [1.82, 2.24) is 4.90 Å². The standard InChI is InChI=1S/C25H29NO/c1-4-19-7-11-21(12-8-19)15-23-17-26(6-3)18-24(25(23)27)16-22-13-9-20(5-2)10-14-22/h7-16H,4-6,17-18H2,1-3H3/b23-15+,24-16+. The lowest BCUT2D eigenvalue weighted by atomic mass is 9.94. The number of nitrogens with zero attached hydrogens (tertiary/aromatic N) is 1. The van der Waals surface area contributed by atoms with E-state index in [2.05, 4.69) is 86.4 Å². The minimum Gasteiger partial charge on any atom is -0.295 e. The highest BCUT2D eigenvalue weighted by Gasteiger charge is 2.25. The van der Waals surface area contributed by atoms with E-state index in [9.17, 15) is 4.79 Å². The van der Waals surface area contributed by atoms with Crippen LogP contribution in [0.3, 0.4) is 0 Å². The van der Waals surface area contributed by atoms with Crippen LogP contribution in [-0.2, 0) is 17.6 Å². The molecule has 0 saturated carbocycles. The zero-order valence-corrected chi connectivity index (χ0v) is 16.7. The molecule has 0 N–H and O–H groups in total. The van der Waals surface area contributed by atoms with E-state index in [1.807, 2.05) is 0 Å². The number of carbonyl (C=O) groups excluding carboxylic acids is 1. The van der Waals surface area contributed by atoms with E-state index in [-0.39, 0.29) is 5.78 Å². The van der Waals surface area contributed by atoms with Crippen LogP contribution in [0.4, 0.5) is 0 Å². The molecule has 0 aliphatic carbocycles. The van der Waals surface area contributed by atoms with E-state index >= 15 is 0 Å². The molecule has 2 aromatic rings. The SMILES string of the molecule is CCc1ccc(/C=C2\CN(CC)C/C(=C\c3ccc(CC)cc3)C2=O)cc1. The molecule has 2 nitrogen and oxygen atoms in total. The van der Waals surface area contributed by atoms with Crippen molar-refractivity contribution in [2.75, 3.05) is 19.6 Å². The van der Waals surface area contributed by atoms with Crippen molar-refractivity contribution in [2.24, 2.45) is 0 Å². The molecule has 0 radical (unpaired) electrons. The van der Waals surface area contributed by atoms with Gasteiger partial charge in [0.2, 0.25) is 0 Å². The first-order valence-electron chi connectivity index (χ1n) is 9.99. The summed E-state index contributed by atoms with van der Waals surface area (Å²) in [6.45, 7) is 8.83. The molecule has 0 atom stereocenters. The third kappa shape index (κ3) is 4.84. The van der Waals surface area contributed by atoms with Gasteiger partial charge >= 0.3 is 0 Å². The first kappa shape index (κ1) is 19.3. The molecule has 27 heavy (non-hydrogen) atoms. The van der Waals surface area contributed by atoms with Crippen LogP contribution in [0.1, 0.15) is 43.0 Å². The summed E-state index contributed by atoms with van der Waals surface area (Å²) >= 11 is 0. The highest BCUT2D eigenvalue weighted by atomic mass is 16.1. The summed E-state index contributed by atoms with van der Waals surface area (Å²) in [5, 5.41) is 0. The summed E-state index contributed by atoms with van der Waals surface area (Å²) in [6.07, 6.45) is 6.17. The van der Waals surface area contributed by atoms with Gasteiger partial charge in [-0.05, 0) is 53.8 Å². The molecular weight excluding hydrogens is 330 g/mol. The molecule has 0 aromatic heterocycles. The first-order chi connectivity index (χ1) is 13.1. The molecule has 0 amide bonds. The number of hydrogen-bond donors (Lipinski definition) is 0. The smallest absolute Gasteiger partial charge is 0.187 e. The van der Waals surface area contributed by atoms with E-state index < -0.39 is 0 Å². The lowest BCUT2D eigenvalue weighted by molar-refractivity contribution is -0.113. The number of likely N-dealkylation sites (N-methyl/N-ethyl adjacent to an activating group) is 1. The zero-order valence-electron chi connectivity index (χ0n) is 16.7. The summed E-state index contributed by atoms with van der Waals surface area (Å²) in [6, 6.07) is 17.0. The summed E-state index contributed by atoms with van der Waals surface area (Å²) < 4.78 is 0. The molecule has 140 valence electrons. The van der Waals surface area contributed by atoms with Crippen LogP contribution < -0.4 is 0 Å². The first-order valence-corrected chi connectivity index (χ1v) is 9.99. The fourth-order valence-electron chi connectivity index (χ4n) is 3.44. The molecule has 0 bridgehead atoms. The molecule has 2 heteroatoms. The second-order valence-electron chi connectivity index (χ2n) is 7.16. The number of piperidine rings is 1. The van der Waals surface area contributed by atoms with Crippen LogP contribution >= 0.6 is 0 Å². The number of aryl methyl sites for hydroxylation is 2. The fourth-order valence-corrected chi connectivity index (χ4v) is 3.44. The Kier molecular flexibility index (Phi) is 6.41. The number of rotatable bonds is 5. The van der Waals surface area contributed by atoms with Gasteiger partial charge in [-0.3, -0.25) is 9.69 Å². The Morgan fingerprint density at radius 3 is 1.48 bits per heavy atom. The van der Waals surface area contributed by atoms with Gasteiger partial charge < -0.3 is 0 Å². The maximum absolute atomic E-state index is 13.1. The molecular formula is C25H29NO. The van der Waals surface area contributed by atoms with Crippen LogP contribution in [0, 0.1) is 0 Å². The van der Waals surface area contributed by atoms with Crippen LogP contribution in [0.15, 0.2) is 59.7 Å². The van der Waals surface area contributed by atoms with Gasteiger partial charge in [0.05, 0.1) is 0 Å². The maximum atomic E-state index is 13.1. The minimum absolute atomic E-state index is 0.179. The summed E-state index contributed by atoms with van der Waals surface area (Å²) in [4.78, 5) is 15.4. The lowest BCUT2D eigenvalue weighted by Crippen LogP contribution is -2.37. The van der Waals surface area contributed by atoms with Crippen molar-refractivity contribution in [3.05, 3.63) is 81.9 Å². The normalized spacial score (nSPS) is 18.4. The fraction of sp³-hybridized carbons (Fsp3) is 0.320. The molecule has 1 aliphatic rings. The van der Waals surface area contributed by atoms with Crippen molar-refractivity contribution in [3.8, 4) is 0 Å². The zero-order chi connectivity index (χ0) is 19.2. The topological polar surface area (TPSA) is 20.3 Å². The predicted octanol–water partition coefficient (Wildman–Crippen LogP) is 5.18. The maximum Gasteiger partial charge on any atom is 0.187 e. The van der Waals surface area contributed by atoms with Gasteiger partial charge in [-0.1, -0.05) is 69.3 Å². The molecule has 0 unspecified atom stereocenters. The Balaban J connectivity index is 1.89. The molecule has 1 aliphatic heterocycles. The van der Waals surface area contributed by atoms with Crippen molar-refractivity contribution in [2.45, 2.75) is 33.6 Å². The van der Waals surface area contributed by atoms with Gasteiger partial charge in [-0.25, -0.2) is 0 Å². The second-order valence-corrected chi connectivity index (χ2v) is 7.16. The van der Waals surface area contributed by atoms with Crippen molar-refractivity contribution >= 4 is 17.9 Å². The number of benzene rings is 2. The van der Waals surface area contributed by atoms with Gasteiger partial charge in [0, 0.05) is 24.2 Å². The Bertz CT molecular complexity index is 771. The Morgan fingerprint density at radius 1 is 0.741 bits per heavy atom. The van der Waals surface area contributed by atoms with Crippen LogP contribution in [-0.4, -0.2) is 30.3 Å². The highest BCUT2D eigenvalue weighted by Crippen LogP contribution is 2.22. The summed E-state index contributed by atoms with van der Waals surface area (Å²) in [5.41, 5.74) is 6.59. The monoisotopic (exact) mass is 359 g/mol. The van der Waals surface area contributed by atoms with Gasteiger partial charge in [-0.15, -0.1) is 0 Å². The van der Waals surface area contributed by atoms with E-state index in [4.69, 9.17) is 0 Å². The molecule has 1 fully saturated rings. The molecule has 3 rings (SSSR count). The van der Waals surface area contributed by atoms with E-state index in [1.54, 1.807) is 0 Å². The Labute approximate surface area is 163 Å². The van der Waals surface area contributed by atoms with Gasteiger partial charge in [0.15, 0.2) is 5.78 Å². The average molecular weight is 360 g/mol. The van der Waals surface area contributed by atoms with Crippen LogP contribution in [0.2, 0.25) is 0 Å². The van der Waals surface area contributed by atoms with E-state index in [1.165, 1.54) is 11.1 Å².